The van der Waals surface area contributed by atoms with Crippen LogP contribution in [0.3, 0.4) is 0 Å². The zero-order valence-electron chi connectivity index (χ0n) is 12.9. The number of hydrogen-bond donors (Lipinski definition) is 1. The molecule has 7 nitrogen and oxygen atoms in total. The maximum Gasteiger partial charge on any atom is 0.345 e. The van der Waals surface area contributed by atoms with Crippen molar-refractivity contribution in [1.29, 1.82) is 0 Å². The summed E-state index contributed by atoms with van der Waals surface area (Å²) in [7, 11) is 0.134. The summed E-state index contributed by atoms with van der Waals surface area (Å²) in [5.74, 6) is 1.01. The van der Waals surface area contributed by atoms with Crippen LogP contribution in [0.2, 0.25) is 0 Å². The third-order valence-corrected chi connectivity index (χ3v) is 5.70. The molecule has 0 saturated heterocycles. The molecule has 2 rings (SSSR count). The van der Waals surface area contributed by atoms with Gasteiger partial charge in [0.2, 0.25) is 10.0 Å². The molecule has 21 heavy (non-hydrogen) atoms. The first-order valence-corrected chi connectivity index (χ1v) is 9.08. The number of nitrogens with one attached hydrogen (secondary N) is 1. The third-order valence-electron chi connectivity index (χ3n) is 4.28. The van der Waals surface area contributed by atoms with Gasteiger partial charge in [0.25, 0.3) is 0 Å². The van der Waals surface area contributed by atoms with E-state index in [9.17, 15) is 13.2 Å². The van der Waals surface area contributed by atoms with Crippen LogP contribution < -0.4 is 10.4 Å². The SMILES string of the molecule is CCS(=O)(=O)N[C@@H]1CCCC[C@@H]1Cc1nn(C)c(=O)n1C. The Labute approximate surface area is 125 Å². The second-order valence-corrected chi connectivity index (χ2v) is 7.80. The van der Waals surface area contributed by atoms with Crippen LogP contribution in [0.1, 0.15) is 38.4 Å². The fourth-order valence-electron chi connectivity index (χ4n) is 2.94. The normalized spacial score (nSPS) is 23.4. The predicted molar refractivity (Wildman–Crippen MR) is 80.5 cm³/mol. The van der Waals surface area contributed by atoms with Crippen molar-refractivity contribution in [2.45, 2.75) is 45.1 Å². The van der Waals surface area contributed by atoms with Crippen LogP contribution in [0, 0.1) is 5.92 Å². The van der Waals surface area contributed by atoms with Gasteiger partial charge in [-0.05, 0) is 25.7 Å². The van der Waals surface area contributed by atoms with E-state index < -0.39 is 10.0 Å². The van der Waals surface area contributed by atoms with Crippen LogP contribution in [-0.4, -0.2) is 34.6 Å². The molecule has 0 spiro atoms. The molecule has 8 heteroatoms. The Morgan fingerprint density at radius 2 is 1.95 bits per heavy atom. The molecule has 1 heterocycles. The first-order valence-electron chi connectivity index (χ1n) is 7.43. The molecule has 0 aromatic carbocycles. The second-order valence-electron chi connectivity index (χ2n) is 5.76. The molecule has 1 aromatic heterocycles. The Bertz CT molecular complexity index is 647. The molecule has 1 fully saturated rings. The van der Waals surface area contributed by atoms with E-state index in [1.165, 1.54) is 4.68 Å². The van der Waals surface area contributed by atoms with Gasteiger partial charge < -0.3 is 0 Å². The van der Waals surface area contributed by atoms with Crippen LogP contribution in [0.15, 0.2) is 4.79 Å². The van der Waals surface area contributed by atoms with Crippen molar-refractivity contribution in [3.8, 4) is 0 Å². The Hall–Kier alpha value is -1.15. The molecule has 0 radical (unpaired) electrons. The van der Waals surface area contributed by atoms with Crippen molar-refractivity contribution >= 4 is 10.0 Å². The lowest BCUT2D eigenvalue weighted by Crippen LogP contribution is -2.43. The minimum absolute atomic E-state index is 0.0548. The van der Waals surface area contributed by atoms with Crippen molar-refractivity contribution in [2.24, 2.45) is 20.0 Å². The van der Waals surface area contributed by atoms with Gasteiger partial charge in [-0.15, -0.1) is 0 Å². The van der Waals surface area contributed by atoms with Gasteiger partial charge in [0.15, 0.2) is 0 Å². The summed E-state index contributed by atoms with van der Waals surface area (Å²) >= 11 is 0. The number of nitrogens with zero attached hydrogens (tertiary/aromatic N) is 3. The maximum absolute atomic E-state index is 11.8. The fourth-order valence-corrected chi connectivity index (χ4v) is 3.88. The number of hydrogen-bond acceptors (Lipinski definition) is 4. The predicted octanol–water partition coefficient (Wildman–Crippen LogP) is 0.159. The fraction of sp³-hybridized carbons (Fsp3) is 0.846. The van der Waals surface area contributed by atoms with Gasteiger partial charge in [-0.1, -0.05) is 12.8 Å². The summed E-state index contributed by atoms with van der Waals surface area (Å²) in [6, 6.07) is -0.0548. The van der Waals surface area contributed by atoms with Crippen LogP contribution in [0.25, 0.3) is 0 Å². The molecular weight excluding hydrogens is 292 g/mol. The molecule has 2 atom stereocenters. The summed E-state index contributed by atoms with van der Waals surface area (Å²) in [6.07, 6.45) is 4.57. The van der Waals surface area contributed by atoms with Gasteiger partial charge >= 0.3 is 5.69 Å². The zero-order valence-corrected chi connectivity index (χ0v) is 13.7. The van der Waals surface area contributed by atoms with Gasteiger partial charge in [-0.25, -0.2) is 22.6 Å². The van der Waals surface area contributed by atoms with E-state index in [0.29, 0.717) is 6.42 Å². The van der Waals surface area contributed by atoms with Gasteiger partial charge in [-0.3, -0.25) is 4.57 Å². The summed E-state index contributed by atoms with van der Waals surface area (Å²) in [5.41, 5.74) is -0.147. The van der Waals surface area contributed by atoms with E-state index in [1.54, 1.807) is 25.6 Å². The molecule has 0 unspecified atom stereocenters. The molecule has 1 aliphatic carbocycles. The van der Waals surface area contributed by atoms with E-state index in [4.69, 9.17) is 0 Å². The molecular formula is C13H24N4O3S. The van der Waals surface area contributed by atoms with Gasteiger partial charge in [0.05, 0.1) is 5.75 Å². The zero-order chi connectivity index (χ0) is 15.6. The number of rotatable bonds is 5. The standard InChI is InChI=1S/C13H24N4O3S/c1-4-21(19,20)15-11-8-6-5-7-10(11)9-12-14-17(3)13(18)16(12)2/h10-11,15H,4-9H2,1-3H3/t10-,11-/m1/s1. The average Bonchev–Trinajstić information content (AvgIpc) is 2.68. The molecule has 1 aliphatic rings. The highest BCUT2D eigenvalue weighted by Crippen LogP contribution is 2.27. The van der Waals surface area contributed by atoms with E-state index in [-0.39, 0.29) is 23.4 Å². The molecule has 1 saturated carbocycles. The first-order chi connectivity index (χ1) is 9.84. The highest BCUT2D eigenvalue weighted by molar-refractivity contribution is 7.89. The highest BCUT2D eigenvalue weighted by atomic mass is 32.2. The lowest BCUT2D eigenvalue weighted by Gasteiger charge is -2.31. The number of aromatic nitrogens is 3. The number of aryl methyl sites for hydroxylation is 1. The lowest BCUT2D eigenvalue weighted by atomic mass is 9.83. The summed E-state index contributed by atoms with van der Waals surface area (Å²) in [4.78, 5) is 11.7. The lowest BCUT2D eigenvalue weighted by molar-refractivity contribution is 0.282. The van der Waals surface area contributed by atoms with Gasteiger partial charge in [-0.2, -0.15) is 5.10 Å². The van der Waals surface area contributed by atoms with Gasteiger partial charge in [0, 0.05) is 26.6 Å². The minimum atomic E-state index is -3.20. The molecule has 1 N–H and O–H groups in total. The van der Waals surface area contributed by atoms with Crippen molar-refractivity contribution < 1.29 is 8.42 Å². The Morgan fingerprint density at radius 3 is 2.52 bits per heavy atom. The van der Waals surface area contributed by atoms with E-state index in [2.05, 4.69) is 9.82 Å². The highest BCUT2D eigenvalue weighted by Gasteiger charge is 2.29. The quantitative estimate of drug-likeness (QED) is 0.838. The first kappa shape index (κ1) is 16.2. The summed E-state index contributed by atoms with van der Waals surface area (Å²) in [5, 5.41) is 4.24. The van der Waals surface area contributed by atoms with Gasteiger partial charge in [0.1, 0.15) is 5.82 Å². The van der Waals surface area contributed by atoms with E-state index in [1.807, 2.05) is 0 Å². The monoisotopic (exact) mass is 316 g/mol. The third kappa shape index (κ3) is 3.74. The van der Waals surface area contributed by atoms with Crippen molar-refractivity contribution in [1.82, 2.24) is 19.1 Å². The van der Waals surface area contributed by atoms with Crippen LogP contribution in [0.5, 0.6) is 0 Å². The maximum atomic E-state index is 11.8. The Kier molecular flexibility index (Phi) is 4.88. The molecule has 0 bridgehead atoms. The topological polar surface area (TPSA) is 86.0 Å². The van der Waals surface area contributed by atoms with Crippen LogP contribution in [-0.2, 0) is 30.5 Å². The van der Waals surface area contributed by atoms with E-state index >= 15 is 0 Å². The number of sulfonamides is 1. The smallest absolute Gasteiger partial charge is 0.282 e. The van der Waals surface area contributed by atoms with Crippen molar-refractivity contribution in [3.05, 3.63) is 16.3 Å². The van der Waals surface area contributed by atoms with Crippen LogP contribution >= 0.6 is 0 Å². The molecule has 0 aliphatic heterocycles. The van der Waals surface area contributed by atoms with Crippen molar-refractivity contribution in [2.75, 3.05) is 5.75 Å². The average molecular weight is 316 g/mol. The molecule has 120 valence electrons. The largest absolute Gasteiger partial charge is 0.345 e. The van der Waals surface area contributed by atoms with Crippen LogP contribution in [0.4, 0.5) is 0 Å². The Morgan fingerprint density at radius 1 is 1.29 bits per heavy atom. The second kappa shape index (κ2) is 6.31. The Balaban J connectivity index is 2.15. The van der Waals surface area contributed by atoms with Crippen molar-refractivity contribution in [3.63, 3.8) is 0 Å². The minimum Gasteiger partial charge on any atom is -0.282 e. The summed E-state index contributed by atoms with van der Waals surface area (Å²) < 4.78 is 29.3. The van der Waals surface area contributed by atoms with E-state index in [0.717, 1.165) is 31.5 Å². The summed E-state index contributed by atoms with van der Waals surface area (Å²) in [6.45, 7) is 1.64. The molecule has 1 aromatic rings. The molecule has 0 amide bonds.